The lowest BCUT2D eigenvalue weighted by Crippen LogP contribution is -2.47. The van der Waals surface area contributed by atoms with Crippen LogP contribution in [0.2, 0.25) is 0 Å². The molecule has 0 N–H and O–H groups in total. The van der Waals surface area contributed by atoms with Crippen LogP contribution in [0.4, 0.5) is 0 Å². The molecule has 5 heteroatoms. The number of amides is 2. The van der Waals surface area contributed by atoms with Gasteiger partial charge in [-0.1, -0.05) is 42.5 Å². The van der Waals surface area contributed by atoms with Crippen molar-refractivity contribution in [1.29, 1.82) is 0 Å². The third-order valence-electron chi connectivity index (χ3n) is 6.14. The van der Waals surface area contributed by atoms with E-state index < -0.39 is 0 Å². The van der Waals surface area contributed by atoms with Crippen LogP contribution in [0.1, 0.15) is 50.5 Å². The molecule has 0 saturated heterocycles. The molecule has 4 nitrogen and oxygen atoms in total. The minimum absolute atomic E-state index is 0.00566. The number of thiophene rings is 1. The van der Waals surface area contributed by atoms with Crippen molar-refractivity contribution in [2.24, 2.45) is 0 Å². The highest BCUT2D eigenvalue weighted by Gasteiger charge is 2.34. The fourth-order valence-electron chi connectivity index (χ4n) is 4.38. The zero-order chi connectivity index (χ0) is 22.0. The number of benzene rings is 2. The summed E-state index contributed by atoms with van der Waals surface area (Å²) >= 11 is 1.76. The standard InChI is InChI=1S/C26H28N2O2S/c1-4-27(26(30)21-12-8-6-10-19(21)3)17-24(29)28-15-13-23-22(14-16-31-23)25(28)20-11-7-5-9-18(20)2/h5-12,14,16,25H,4,13,15,17H2,1-3H3. The van der Waals surface area contributed by atoms with E-state index in [2.05, 4.69) is 30.5 Å². The number of fused-ring (bicyclic) bond motifs is 1. The number of likely N-dealkylation sites (N-methyl/N-ethyl adjacent to an activating group) is 1. The molecule has 0 spiro atoms. The molecule has 1 unspecified atom stereocenters. The fourth-order valence-corrected chi connectivity index (χ4v) is 5.28. The van der Waals surface area contributed by atoms with Crippen LogP contribution in [0.5, 0.6) is 0 Å². The Morgan fingerprint density at radius 3 is 2.42 bits per heavy atom. The molecule has 0 saturated carbocycles. The monoisotopic (exact) mass is 432 g/mol. The topological polar surface area (TPSA) is 40.6 Å². The van der Waals surface area contributed by atoms with E-state index >= 15 is 0 Å². The van der Waals surface area contributed by atoms with Gasteiger partial charge in [-0.25, -0.2) is 0 Å². The van der Waals surface area contributed by atoms with Crippen molar-refractivity contribution in [3.63, 3.8) is 0 Å². The lowest BCUT2D eigenvalue weighted by molar-refractivity contribution is -0.134. The number of carbonyl (C=O) groups excluding carboxylic acids is 2. The second-order valence-electron chi connectivity index (χ2n) is 8.03. The Morgan fingerprint density at radius 2 is 1.71 bits per heavy atom. The molecular formula is C26H28N2O2S. The van der Waals surface area contributed by atoms with Crippen LogP contribution in [-0.2, 0) is 11.2 Å². The van der Waals surface area contributed by atoms with E-state index in [1.165, 1.54) is 16.0 Å². The molecule has 0 fully saturated rings. The molecule has 1 aliphatic heterocycles. The molecule has 1 atom stereocenters. The van der Waals surface area contributed by atoms with Crippen LogP contribution in [0.25, 0.3) is 0 Å². The van der Waals surface area contributed by atoms with Crippen LogP contribution in [0, 0.1) is 13.8 Å². The molecule has 1 aromatic heterocycles. The smallest absolute Gasteiger partial charge is 0.254 e. The lowest BCUT2D eigenvalue weighted by Gasteiger charge is -2.38. The van der Waals surface area contributed by atoms with E-state index in [9.17, 15) is 9.59 Å². The zero-order valence-electron chi connectivity index (χ0n) is 18.3. The summed E-state index contributed by atoms with van der Waals surface area (Å²) in [6.45, 7) is 7.20. The van der Waals surface area contributed by atoms with Crippen LogP contribution < -0.4 is 0 Å². The fraction of sp³-hybridized carbons (Fsp3) is 0.308. The van der Waals surface area contributed by atoms with Gasteiger partial charge in [-0.05, 0) is 67.0 Å². The van der Waals surface area contributed by atoms with E-state index in [1.807, 2.05) is 55.1 Å². The van der Waals surface area contributed by atoms with Gasteiger partial charge in [0.1, 0.15) is 6.54 Å². The maximum absolute atomic E-state index is 13.6. The van der Waals surface area contributed by atoms with Gasteiger partial charge in [0.25, 0.3) is 5.91 Å². The molecule has 4 rings (SSSR count). The maximum atomic E-state index is 13.6. The van der Waals surface area contributed by atoms with Gasteiger partial charge in [0.2, 0.25) is 5.91 Å². The van der Waals surface area contributed by atoms with Crippen LogP contribution in [0.15, 0.2) is 60.0 Å². The average molecular weight is 433 g/mol. The predicted octanol–water partition coefficient (Wildman–Crippen LogP) is 5.00. The molecule has 1 aliphatic rings. The number of hydrogen-bond acceptors (Lipinski definition) is 3. The molecule has 160 valence electrons. The minimum atomic E-state index is -0.101. The van der Waals surface area contributed by atoms with Crippen molar-refractivity contribution in [2.45, 2.75) is 33.2 Å². The van der Waals surface area contributed by atoms with Crippen molar-refractivity contribution >= 4 is 23.2 Å². The summed E-state index contributed by atoms with van der Waals surface area (Å²) in [5.74, 6) is -0.0940. The second-order valence-corrected chi connectivity index (χ2v) is 9.03. The van der Waals surface area contributed by atoms with Crippen molar-refractivity contribution in [2.75, 3.05) is 19.6 Å². The van der Waals surface area contributed by atoms with E-state index in [1.54, 1.807) is 16.2 Å². The second kappa shape index (κ2) is 9.06. The summed E-state index contributed by atoms with van der Waals surface area (Å²) in [5.41, 5.74) is 5.13. The third-order valence-corrected chi connectivity index (χ3v) is 7.14. The van der Waals surface area contributed by atoms with Crippen molar-refractivity contribution < 1.29 is 9.59 Å². The predicted molar refractivity (Wildman–Crippen MR) is 126 cm³/mol. The quantitative estimate of drug-likeness (QED) is 0.569. The van der Waals surface area contributed by atoms with Gasteiger partial charge in [-0.15, -0.1) is 11.3 Å². The van der Waals surface area contributed by atoms with Crippen LogP contribution in [0.3, 0.4) is 0 Å². The summed E-state index contributed by atoms with van der Waals surface area (Å²) in [6, 6.07) is 17.9. The number of rotatable bonds is 5. The third kappa shape index (κ3) is 4.15. The van der Waals surface area contributed by atoms with Gasteiger partial charge < -0.3 is 9.80 Å². The van der Waals surface area contributed by atoms with Gasteiger partial charge in [0, 0.05) is 23.5 Å². The minimum Gasteiger partial charge on any atom is -0.330 e. The van der Waals surface area contributed by atoms with E-state index in [-0.39, 0.29) is 24.4 Å². The van der Waals surface area contributed by atoms with Crippen molar-refractivity contribution in [1.82, 2.24) is 9.80 Å². The molecule has 0 aliphatic carbocycles. The molecule has 0 radical (unpaired) electrons. The molecule has 31 heavy (non-hydrogen) atoms. The van der Waals surface area contributed by atoms with E-state index in [0.29, 0.717) is 18.7 Å². The number of aryl methyl sites for hydroxylation is 2. The Kier molecular flexibility index (Phi) is 6.23. The zero-order valence-corrected chi connectivity index (χ0v) is 19.1. The Labute approximate surface area is 188 Å². The number of carbonyl (C=O) groups is 2. The van der Waals surface area contributed by atoms with Gasteiger partial charge >= 0.3 is 0 Å². The van der Waals surface area contributed by atoms with Crippen molar-refractivity contribution in [3.8, 4) is 0 Å². The van der Waals surface area contributed by atoms with Gasteiger partial charge in [0.15, 0.2) is 0 Å². The molecular weight excluding hydrogens is 404 g/mol. The van der Waals surface area contributed by atoms with E-state index in [4.69, 9.17) is 0 Å². The summed E-state index contributed by atoms with van der Waals surface area (Å²) in [6.07, 6.45) is 0.860. The Morgan fingerprint density at radius 1 is 1.00 bits per heavy atom. The summed E-state index contributed by atoms with van der Waals surface area (Å²) in [4.78, 5) is 31.7. The maximum Gasteiger partial charge on any atom is 0.254 e. The highest BCUT2D eigenvalue weighted by atomic mass is 32.1. The number of nitrogens with zero attached hydrogens (tertiary/aromatic N) is 2. The average Bonchev–Trinajstić information content (AvgIpc) is 3.26. The highest BCUT2D eigenvalue weighted by molar-refractivity contribution is 7.10. The lowest BCUT2D eigenvalue weighted by atomic mass is 9.90. The highest BCUT2D eigenvalue weighted by Crippen LogP contribution is 2.39. The van der Waals surface area contributed by atoms with Gasteiger partial charge in [0.05, 0.1) is 6.04 Å². The molecule has 0 bridgehead atoms. The first-order valence-corrected chi connectivity index (χ1v) is 11.7. The van der Waals surface area contributed by atoms with Crippen LogP contribution in [-0.4, -0.2) is 41.2 Å². The summed E-state index contributed by atoms with van der Waals surface area (Å²) < 4.78 is 0. The molecule has 2 amide bonds. The SMILES string of the molecule is CCN(CC(=O)N1CCc2sccc2C1c1ccccc1C)C(=O)c1ccccc1C. The molecule has 2 heterocycles. The van der Waals surface area contributed by atoms with Crippen molar-refractivity contribution in [3.05, 3.63) is 92.7 Å². The number of hydrogen-bond donors (Lipinski definition) is 0. The summed E-state index contributed by atoms with van der Waals surface area (Å²) in [5, 5.41) is 2.12. The van der Waals surface area contributed by atoms with E-state index in [0.717, 1.165) is 17.5 Å². The first-order valence-electron chi connectivity index (χ1n) is 10.8. The summed E-state index contributed by atoms with van der Waals surface area (Å²) in [7, 11) is 0. The molecule has 2 aromatic carbocycles. The Balaban J connectivity index is 1.63. The van der Waals surface area contributed by atoms with Gasteiger partial charge in [-0.3, -0.25) is 9.59 Å². The molecule has 3 aromatic rings. The van der Waals surface area contributed by atoms with Gasteiger partial charge in [-0.2, -0.15) is 0 Å². The largest absolute Gasteiger partial charge is 0.330 e. The van der Waals surface area contributed by atoms with Crippen LogP contribution >= 0.6 is 11.3 Å². The first-order chi connectivity index (χ1) is 15.0. The Bertz CT molecular complexity index is 1100. The normalized spacial score (nSPS) is 15.5. The first kappa shape index (κ1) is 21.3. The Hall–Kier alpha value is -2.92.